The number of aryl methyl sites for hydroxylation is 1. The first-order valence-corrected chi connectivity index (χ1v) is 6.48. The summed E-state index contributed by atoms with van der Waals surface area (Å²) in [6.45, 7) is 3.98. The van der Waals surface area contributed by atoms with Crippen LogP contribution in [0.15, 0.2) is 6.07 Å². The Morgan fingerprint density at radius 3 is 2.83 bits per heavy atom. The lowest BCUT2D eigenvalue weighted by atomic mass is 10.0. The molecule has 0 aliphatic carbocycles. The zero-order valence-corrected chi connectivity index (χ0v) is 12.4. The molecule has 2 rings (SSSR count). The normalized spacial score (nSPS) is 19.2. The Morgan fingerprint density at radius 1 is 1.44 bits per heavy atom. The molecule has 1 aromatic rings. The minimum atomic E-state index is 0. The molecule has 0 aromatic carbocycles. The number of halogens is 2. The van der Waals surface area contributed by atoms with Crippen LogP contribution in [0.4, 0.5) is 5.95 Å². The summed E-state index contributed by atoms with van der Waals surface area (Å²) < 4.78 is 0. The summed E-state index contributed by atoms with van der Waals surface area (Å²) in [7, 11) is 2.02. The molecule has 1 N–H and O–H groups in total. The molecule has 1 atom stereocenters. The maximum Gasteiger partial charge on any atom is 0.226 e. The smallest absolute Gasteiger partial charge is 0.226 e. The maximum absolute atomic E-state index is 5.94. The molecule has 0 radical (unpaired) electrons. The highest BCUT2D eigenvalue weighted by molar-refractivity contribution is 6.29. The van der Waals surface area contributed by atoms with Gasteiger partial charge in [0.2, 0.25) is 5.95 Å². The Bertz CT molecular complexity index is 360. The van der Waals surface area contributed by atoms with Crippen molar-refractivity contribution in [3.05, 3.63) is 16.9 Å². The van der Waals surface area contributed by atoms with Crippen molar-refractivity contribution in [2.75, 3.05) is 25.0 Å². The first-order chi connectivity index (χ1) is 8.15. The van der Waals surface area contributed by atoms with E-state index in [1.54, 1.807) is 6.07 Å². The van der Waals surface area contributed by atoms with Crippen LogP contribution in [0.25, 0.3) is 0 Å². The minimum Gasteiger partial charge on any atom is -0.342 e. The first kappa shape index (κ1) is 15.5. The van der Waals surface area contributed by atoms with E-state index < -0.39 is 0 Å². The predicted octanol–water partition coefficient (Wildman–Crippen LogP) is 2.44. The number of hydrogen-bond acceptors (Lipinski definition) is 4. The third-order valence-electron chi connectivity index (χ3n) is 3.06. The zero-order chi connectivity index (χ0) is 12.3. The van der Waals surface area contributed by atoms with Crippen molar-refractivity contribution >= 4 is 30.0 Å². The zero-order valence-electron chi connectivity index (χ0n) is 10.8. The van der Waals surface area contributed by atoms with Crippen LogP contribution in [0.2, 0.25) is 5.15 Å². The van der Waals surface area contributed by atoms with Gasteiger partial charge in [0, 0.05) is 25.3 Å². The van der Waals surface area contributed by atoms with Gasteiger partial charge < -0.3 is 10.2 Å². The molecule has 4 nitrogen and oxygen atoms in total. The van der Waals surface area contributed by atoms with E-state index in [-0.39, 0.29) is 12.4 Å². The van der Waals surface area contributed by atoms with Crippen molar-refractivity contribution in [3.8, 4) is 0 Å². The number of hydrogen-bond donors (Lipinski definition) is 1. The average molecular weight is 291 g/mol. The van der Waals surface area contributed by atoms with E-state index >= 15 is 0 Å². The van der Waals surface area contributed by atoms with Gasteiger partial charge >= 0.3 is 0 Å². The Hall–Kier alpha value is -0.580. The van der Waals surface area contributed by atoms with Crippen LogP contribution in [-0.2, 0) is 0 Å². The summed E-state index contributed by atoms with van der Waals surface area (Å²) in [5, 5.41) is 4.03. The molecule has 102 valence electrons. The van der Waals surface area contributed by atoms with Gasteiger partial charge in [0.15, 0.2) is 0 Å². The van der Waals surface area contributed by atoms with E-state index in [4.69, 9.17) is 11.6 Å². The average Bonchev–Trinajstić information content (AvgIpc) is 2.29. The SMILES string of the molecule is Cc1cc(Cl)nc(N(C)CC2CCCCN2)n1.Cl. The van der Waals surface area contributed by atoms with Gasteiger partial charge in [-0.3, -0.25) is 0 Å². The topological polar surface area (TPSA) is 41.1 Å². The van der Waals surface area contributed by atoms with E-state index in [2.05, 4.69) is 20.2 Å². The summed E-state index contributed by atoms with van der Waals surface area (Å²) in [6, 6.07) is 2.31. The Labute approximate surface area is 120 Å². The molecule has 18 heavy (non-hydrogen) atoms. The van der Waals surface area contributed by atoms with Gasteiger partial charge in [0.25, 0.3) is 0 Å². The lowest BCUT2D eigenvalue weighted by Gasteiger charge is -2.28. The third-order valence-corrected chi connectivity index (χ3v) is 3.25. The lowest BCUT2D eigenvalue weighted by molar-refractivity contribution is 0.402. The summed E-state index contributed by atoms with van der Waals surface area (Å²) in [5.74, 6) is 0.711. The Kier molecular flexibility index (Phi) is 6.12. The number of aromatic nitrogens is 2. The van der Waals surface area contributed by atoms with Crippen LogP contribution in [-0.4, -0.2) is 36.1 Å². The Balaban J connectivity index is 0.00000162. The number of nitrogens with zero attached hydrogens (tertiary/aromatic N) is 3. The molecule has 1 fully saturated rings. The number of nitrogens with one attached hydrogen (secondary N) is 1. The van der Waals surface area contributed by atoms with E-state index in [9.17, 15) is 0 Å². The monoisotopic (exact) mass is 290 g/mol. The molecule has 1 aromatic heterocycles. The predicted molar refractivity (Wildman–Crippen MR) is 77.9 cm³/mol. The second-order valence-corrected chi connectivity index (χ2v) is 5.05. The molecule has 1 unspecified atom stereocenters. The summed E-state index contributed by atoms with van der Waals surface area (Å²) in [4.78, 5) is 10.7. The van der Waals surface area contributed by atoms with Gasteiger partial charge in [-0.2, -0.15) is 0 Å². The molecule has 0 saturated carbocycles. The lowest BCUT2D eigenvalue weighted by Crippen LogP contribution is -2.42. The van der Waals surface area contributed by atoms with Crippen LogP contribution in [0.1, 0.15) is 25.0 Å². The number of anilines is 1. The highest BCUT2D eigenvalue weighted by Crippen LogP contribution is 2.14. The second-order valence-electron chi connectivity index (χ2n) is 4.66. The molecule has 0 bridgehead atoms. The van der Waals surface area contributed by atoms with Crippen molar-refractivity contribution in [3.63, 3.8) is 0 Å². The van der Waals surface area contributed by atoms with Crippen molar-refractivity contribution in [1.82, 2.24) is 15.3 Å². The highest BCUT2D eigenvalue weighted by Gasteiger charge is 2.16. The largest absolute Gasteiger partial charge is 0.342 e. The van der Waals surface area contributed by atoms with Crippen molar-refractivity contribution in [1.29, 1.82) is 0 Å². The van der Waals surface area contributed by atoms with E-state index in [0.29, 0.717) is 17.1 Å². The highest BCUT2D eigenvalue weighted by atomic mass is 35.5. The summed E-state index contributed by atoms with van der Waals surface area (Å²) >= 11 is 5.94. The summed E-state index contributed by atoms with van der Waals surface area (Å²) in [5.41, 5.74) is 0.906. The second kappa shape index (κ2) is 7.12. The van der Waals surface area contributed by atoms with Gasteiger partial charge in [-0.25, -0.2) is 9.97 Å². The quantitative estimate of drug-likeness (QED) is 0.868. The Morgan fingerprint density at radius 2 is 2.22 bits per heavy atom. The molecular weight excluding hydrogens is 271 g/mol. The molecule has 0 amide bonds. The summed E-state index contributed by atoms with van der Waals surface area (Å²) in [6.07, 6.45) is 3.82. The fourth-order valence-electron chi connectivity index (χ4n) is 2.18. The van der Waals surface area contributed by atoms with Crippen LogP contribution in [0.3, 0.4) is 0 Å². The van der Waals surface area contributed by atoms with Crippen molar-refractivity contribution in [2.24, 2.45) is 0 Å². The van der Waals surface area contributed by atoms with Crippen LogP contribution >= 0.6 is 24.0 Å². The molecule has 1 aliphatic heterocycles. The number of likely N-dealkylation sites (N-methyl/N-ethyl adjacent to an activating group) is 1. The van der Waals surface area contributed by atoms with Gasteiger partial charge in [-0.1, -0.05) is 18.0 Å². The first-order valence-electron chi connectivity index (χ1n) is 6.11. The van der Waals surface area contributed by atoms with Gasteiger partial charge in [-0.05, 0) is 32.4 Å². The molecule has 0 spiro atoms. The number of piperidine rings is 1. The van der Waals surface area contributed by atoms with Crippen molar-refractivity contribution < 1.29 is 0 Å². The van der Waals surface area contributed by atoms with Crippen molar-refractivity contribution in [2.45, 2.75) is 32.2 Å². The minimum absolute atomic E-state index is 0. The van der Waals surface area contributed by atoms with Gasteiger partial charge in [0.1, 0.15) is 5.15 Å². The molecule has 1 aliphatic rings. The fourth-order valence-corrected chi connectivity index (χ4v) is 2.41. The van der Waals surface area contributed by atoms with E-state index in [1.165, 1.54) is 19.3 Å². The van der Waals surface area contributed by atoms with Crippen LogP contribution in [0, 0.1) is 6.92 Å². The van der Waals surface area contributed by atoms with E-state index in [1.807, 2.05) is 14.0 Å². The molecule has 1 saturated heterocycles. The fraction of sp³-hybridized carbons (Fsp3) is 0.667. The van der Waals surface area contributed by atoms with Gasteiger partial charge in [-0.15, -0.1) is 12.4 Å². The third kappa shape index (κ3) is 4.26. The molecule has 2 heterocycles. The maximum atomic E-state index is 5.94. The van der Waals surface area contributed by atoms with Crippen LogP contribution < -0.4 is 10.2 Å². The van der Waals surface area contributed by atoms with Crippen LogP contribution in [0.5, 0.6) is 0 Å². The van der Waals surface area contributed by atoms with E-state index in [0.717, 1.165) is 18.8 Å². The molecular formula is C12H20Cl2N4. The number of rotatable bonds is 3. The molecule has 6 heteroatoms. The standard InChI is InChI=1S/C12H19ClN4.ClH/c1-9-7-11(13)16-12(15-9)17(2)8-10-5-3-4-6-14-10;/h7,10,14H,3-6,8H2,1-2H3;1H. The van der Waals surface area contributed by atoms with Gasteiger partial charge in [0.05, 0.1) is 0 Å².